The first-order valence-corrected chi connectivity index (χ1v) is 33.1. The summed E-state index contributed by atoms with van der Waals surface area (Å²) in [4.78, 5) is 59.0. The number of carbonyl (C=O) groups excluding carboxylic acids is 1. The topological polar surface area (TPSA) is 256 Å². The number of fused-ring (bicyclic) bond motifs is 3. The fraction of sp³-hybridized carbons (Fsp3) is 0.333. The summed E-state index contributed by atoms with van der Waals surface area (Å²) < 4.78 is 43.2. The number of aromatic amines is 2. The Kier molecular flexibility index (Phi) is 18.7. The van der Waals surface area contributed by atoms with Crippen LogP contribution in [-0.2, 0) is 21.2 Å². The van der Waals surface area contributed by atoms with Gasteiger partial charge in [0, 0.05) is 135 Å². The number of benzene rings is 4. The predicted molar refractivity (Wildman–Crippen MR) is 361 cm³/mol. The second kappa shape index (κ2) is 27.3. The first-order valence-electron chi connectivity index (χ1n) is 31.2. The lowest BCUT2D eigenvalue weighted by Crippen LogP contribution is -2.47. The fourth-order valence-corrected chi connectivity index (χ4v) is 13.4. The minimum absolute atomic E-state index is 0.0359. The number of anilines is 3. The number of carbonyl (C=O) groups is 1. The smallest absolute Gasteiger partial charge is 0.293 e. The highest BCUT2D eigenvalue weighted by molar-refractivity contribution is 7.90. The van der Waals surface area contributed by atoms with Crippen molar-refractivity contribution in [2.75, 3.05) is 74.6 Å². The van der Waals surface area contributed by atoms with Crippen molar-refractivity contribution in [3.05, 3.63) is 183 Å². The minimum atomic E-state index is -4.55. The van der Waals surface area contributed by atoms with Crippen LogP contribution in [-0.4, -0.2) is 123 Å². The van der Waals surface area contributed by atoms with Gasteiger partial charge in [0.05, 0.1) is 27.9 Å². The first-order chi connectivity index (χ1) is 44.4. The SMILES string of the molecule is CC1(C)CCC(CN2CCN(c3ccc(C(=O)NS(=O)(=O)c4ccc(NCC5CCOCC5)c([N+](=O)[O-])c4)c(Oc4cnc5[nH]ccc5c4)c3)CC2)=C(c2ccc(Cl)cc2)C1.Cc1cncc(-c2nc(NCCc3c[nH]c4ccccc34)c3ncn(C(C)C)c3n2)c1. The van der Waals surface area contributed by atoms with Gasteiger partial charge in [0.2, 0.25) is 0 Å². The molecule has 0 saturated carbocycles. The molecular formula is C69H75ClN14O7S. The number of rotatable bonds is 19. The maximum Gasteiger partial charge on any atom is 0.293 e. The molecular weight excluding hydrogens is 1200 g/mol. The number of nitro benzene ring substituents is 1. The standard InChI is InChI=1S/C45H50ClN7O7S.C24H25N7/c1-45(2)15-11-33(39(26-45)31-3-5-34(46)6-4-31)29-51-17-19-52(20-18-51)35-7-9-38(42(24-35)60-36-23-32-12-16-47-43(32)49-28-36)44(54)50-61(57,58)37-8-10-40(41(25-37)53(55)56)48-27-30-13-21-59-22-14-30;1-15(2)31-14-28-21-23(26-9-8-17-13-27-20-7-5-4-6-19(17)20)29-22(30-24(21)31)18-10-16(3)11-25-12-18/h3-10,12,16,23-25,28,30,48H,11,13-15,17-22,26-27,29H2,1-2H3,(H,47,49)(H,50,54);4-7,10-15,27H,8-9H2,1-3H3,(H,26,29,30). The third kappa shape index (κ3) is 14.6. The molecule has 21 nitrogen and oxygen atoms in total. The lowest BCUT2D eigenvalue weighted by Gasteiger charge is -2.39. The third-order valence-corrected chi connectivity index (χ3v) is 19.0. The van der Waals surface area contributed by atoms with E-state index in [2.05, 4.69) is 125 Å². The summed E-state index contributed by atoms with van der Waals surface area (Å²) >= 11 is 6.24. The van der Waals surface area contributed by atoms with E-state index in [-0.39, 0.29) is 34.4 Å². The van der Waals surface area contributed by atoms with Crippen molar-refractivity contribution in [1.82, 2.24) is 49.1 Å². The predicted octanol–water partition coefficient (Wildman–Crippen LogP) is 13.6. The number of ether oxygens (including phenoxy) is 2. The molecule has 0 unspecified atom stereocenters. The first kappa shape index (κ1) is 63.0. The van der Waals surface area contributed by atoms with Crippen LogP contribution in [0, 0.1) is 28.4 Å². The van der Waals surface area contributed by atoms with E-state index in [0.29, 0.717) is 37.0 Å². The molecule has 13 rings (SSSR count). The molecule has 1 aliphatic carbocycles. The maximum absolute atomic E-state index is 13.9. The number of para-hydroxylation sites is 1. The molecule has 0 bridgehead atoms. The summed E-state index contributed by atoms with van der Waals surface area (Å²) in [5, 5.41) is 21.5. The number of hydrogen-bond acceptors (Lipinski definition) is 16. The van der Waals surface area contributed by atoms with Crippen molar-refractivity contribution < 1.29 is 27.6 Å². The van der Waals surface area contributed by atoms with Crippen LogP contribution in [0.4, 0.5) is 22.9 Å². The number of amides is 1. The number of aromatic nitrogens is 8. The Morgan fingerprint density at radius 3 is 2.49 bits per heavy atom. The van der Waals surface area contributed by atoms with Crippen molar-refractivity contribution in [3.8, 4) is 22.9 Å². The van der Waals surface area contributed by atoms with Gasteiger partial charge in [-0.05, 0) is 154 Å². The molecule has 10 aromatic rings. The molecule has 0 spiro atoms. The molecule has 8 heterocycles. The third-order valence-electron chi connectivity index (χ3n) is 17.4. The van der Waals surface area contributed by atoms with Gasteiger partial charge < -0.3 is 39.5 Å². The number of imidazole rings is 1. The normalized spacial score (nSPS) is 15.6. The second-order valence-corrected chi connectivity index (χ2v) is 27.1. The van der Waals surface area contributed by atoms with E-state index >= 15 is 0 Å². The summed E-state index contributed by atoms with van der Waals surface area (Å²) in [5.41, 5.74) is 11.6. The molecule has 0 radical (unpaired) electrons. The zero-order valence-electron chi connectivity index (χ0n) is 52.2. The number of aryl methyl sites for hydroxylation is 1. The van der Waals surface area contributed by atoms with Crippen LogP contribution in [0.2, 0.25) is 5.02 Å². The van der Waals surface area contributed by atoms with Gasteiger partial charge in [-0.3, -0.25) is 24.8 Å². The Morgan fingerprint density at radius 2 is 1.71 bits per heavy atom. The second-order valence-electron chi connectivity index (χ2n) is 25.0. The van der Waals surface area contributed by atoms with E-state index in [1.807, 2.05) is 43.7 Å². The van der Waals surface area contributed by atoms with E-state index < -0.39 is 31.4 Å². The fourth-order valence-electron chi connectivity index (χ4n) is 12.3. The summed E-state index contributed by atoms with van der Waals surface area (Å²) in [5.74, 6) is 1.21. The van der Waals surface area contributed by atoms with Crippen molar-refractivity contribution >= 4 is 89.1 Å². The Bertz CT molecular complexity index is 4470. The molecule has 4 aromatic carbocycles. The Balaban J connectivity index is 0.000000219. The van der Waals surface area contributed by atoms with Crippen LogP contribution in [0.1, 0.15) is 92.9 Å². The number of pyridine rings is 2. The van der Waals surface area contributed by atoms with Gasteiger partial charge in [-0.1, -0.05) is 61.4 Å². The van der Waals surface area contributed by atoms with Crippen molar-refractivity contribution in [3.63, 3.8) is 0 Å². The van der Waals surface area contributed by atoms with Crippen LogP contribution < -0.4 is 25.0 Å². The van der Waals surface area contributed by atoms with Crippen molar-refractivity contribution in [2.24, 2.45) is 11.3 Å². The van der Waals surface area contributed by atoms with Crippen LogP contribution in [0.15, 0.2) is 151 Å². The van der Waals surface area contributed by atoms with Gasteiger partial charge in [0.1, 0.15) is 28.4 Å². The molecule has 5 N–H and O–H groups in total. The van der Waals surface area contributed by atoms with Crippen LogP contribution in [0.3, 0.4) is 0 Å². The van der Waals surface area contributed by atoms with Crippen molar-refractivity contribution in [2.45, 2.75) is 84.1 Å². The number of H-pyrrole nitrogens is 2. The van der Waals surface area contributed by atoms with Gasteiger partial charge in [-0.25, -0.2) is 33.1 Å². The minimum Gasteiger partial charge on any atom is -0.455 e. The van der Waals surface area contributed by atoms with Gasteiger partial charge in [0.25, 0.3) is 21.6 Å². The zero-order chi connectivity index (χ0) is 64.1. The van der Waals surface area contributed by atoms with E-state index in [9.17, 15) is 23.3 Å². The number of halogens is 1. The van der Waals surface area contributed by atoms with E-state index in [4.69, 9.17) is 31.0 Å². The average Bonchev–Trinajstić information content (AvgIpc) is 1.89. The van der Waals surface area contributed by atoms with Crippen LogP contribution in [0.5, 0.6) is 11.5 Å². The number of nitrogens with one attached hydrogen (secondary N) is 5. The number of piperazine rings is 1. The van der Waals surface area contributed by atoms with E-state index in [1.54, 1.807) is 36.7 Å². The monoisotopic (exact) mass is 1280 g/mol. The van der Waals surface area contributed by atoms with Gasteiger partial charge in [-0.15, -0.1) is 0 Å². The molecule has 1 amide bonds. The largest absolute Gasteiger partial charge is 0.455 e. The summed E-state index contributed by atoms with van der Waals surface area (Å²) in [6.45, 7) is 17.4. The van der Waals surface area contributed by atoms with Crippen molar-refractivity contribution in [1.29, 1.82) is 0 Å². The Hall–Kier alpha value is -9.22. The van der Waals surface area contributed by atoms with Crippen LogP contribution in [0.25, 0.3) is 50.1 Å². The molecule has 3 aliphatic rings. The maximum atomic E-state index is 13.9. The number of hydrogen-bond donors (Lipinski definition) is 5. The van der Waals surface area contributed by atoms with E-state index in [1.165, 1.54) is 46.0 Å². The number of allylic oxidation sites excluding steroid dienone is 1. The summed E-state index contributed by atoms with van der Waals surface area (Å²) in [6, 6.07) is 31.1. The quantitative estimate of drug-likeness (QED) is 0.0372. The molecule has 23 heteroatoms. The molecule has 2 fully saturated rings. The highest BCUT2D eigenvalue weighted by Crippen LogP contribution is 2.44. The summed E-state index contributed by atoms with van der Waals surface area (Å²) in [7, 11) is -4.55. The molecule has 2 aliphatic heterocycles. The van der Waals surface area contributed by atoms with Gasteiger partial charge >= 0.3 is 0 Å². The summed E-state index contributed by atoms with van der Waals surface area (Å²) in [6.07, 6.45) is 16.6. The highest BCUT2D eigenvalue weighted by atomic mass is 35.5. The Morgan fingerprint density at radius 1 is 0.902 bits per heavy atom. The number of sulfonamides is 1. The van der Waals surface area contributed by atoms with E-state index in [0.717, 1.165) is 134 Å². The lowest BCUT2D eigenvalue weighted by atomic mass is 9.72. The van der Waals surface area contributed by atoms with Gasteiger partial charge in [0.15, 0.2) is 17.3 Å². The molecule has 92 heavy (non-hydrogen) atoms. The molecule has 6 aromatic heterocycles. The molecule has 476 valence electrons. The number of nitro groups is 1. The molecule has 2 saturated heterocycles. The van der Waals surface area contributed by atoms with Crippen LogP contribution >= 0.6 is 11.6 Å². The molecule has 0 atom stereocenters. The zero-order valence-corrected chi connectivity index (χ0v) is 53.8. The van der Waals surface area contributed by atoms with Gasteiger partial charge in [-0.2, -0.15) is 0 Å². The number of nitrogens with zero attached hydrogens (tertiary/aromatic N) is 9. The lowest BCUT2D eigenvalue weighted by molar-refractivity contribution is -0.384. The highest BCUT2D eigenvalue weighted by Gasteiger charge is 2.31. The average molecular weight is 1280 g/mol. The Labute approximate surface area is 539 Å².